The Balaban J connectivity index is 2.23. The van der Waals surface area contributed by atoms with Crippen LogP contribution in [0.15, 0.2) is 0 Å². The van der Waals surface area contributed by atoms with Gasteiger partial charge in [0.2, 0.25) is 0 Å². The second-order valence-electron chi connectivity index (χ2n) is 4.74. The first kappa shape index (κ1) is 10.4. The molecule has 0 aromatic rings. The number of fused-ring (bicyclic) bond motifs is 2. The zero-order valence-corrected chi connectivity index (χ0v) is 9.45. The van der Waals surface area contributed by atoms with Gasteiger partial charge in [0.1, 0.15) is 5.60 Å². The molecule has 1 saturated carbocycles. The van der Waals surface area contributed by atoms with Crippen LogP contribution in [-0.4, -0.2) is 38.6 Å². The molecule has 0 N–H and O–H groups in total. The van der Waals surface area contributed by atoms with Crippen LogP contribution >= 0.6 is 0 Å². The summed E-state index contributed by atoms with van der Waals surface area (Å²) in [6.45, 7) is 5.08. The topological polar surface area (TPSA) is 27.7 Å². The Kier molecular flexibility index (Phi) is 2.58. The Bertz CT molecular complexity index is 205. The predicted molar refractivity (Wildman–Crippen MR) is 53.2 cm³/mol. The van der Waals surface area contributed by atoms with E-state index >= 15 is 0 Å². The fraction of sp³-hybridized carbons (Fsp3) is 1.00. The summed E-state index contributed by atoms with van der Waals surface area (Å²) < 4.78 is 16.9. The van der Waals surface area contributed by atoms with Gasteiger partial charge in [0, 0.05) is 20.1 Å². The minimum Gasteiger partial charge on any atom is -0.382 e. The highest BCUT2D eigenvalue weighted by molar-refractivity contribution is 5.10. The molecule has 3 heteroatoms. The normalized spacial score (nSPS) is 51.4. The fourth-order valence-corrected chi connectivity index (χ4v) is 3.51. The maximum atomic E-state index is 6.01. The zero-order chi connectivity index (χ0) is 10.3. The van der Waals surface area contributed by atoms with E-state index in [1.807, 2.05) is 0 Å². The van der Waals surface area contributed by atoms with Crippen molar-refractivity contribution >= 4 is 0 Å². The lowest BCUT2D eigenvalue weighted by molar-refractivity contribution is -0.131. The monoisotopic (exact) mass is 200 g/mol. The third kappa shape index (κ3) is 1.23. The molecule has 3 nitrogen and oxygen atoms in total. The van der Waals surface area contributed by atoms with Gasteiger partial charge in [0.15, 0.2) is 0 Å². The molecule has 14 heavy (non-hydrogen) atoms. The van der Waals surface area contributed by atoms with Crippen molar-refractivity contribution in [2.45, 2.75) is 38.1 Å². The van der Waals surface area contributed by atoms with Gasteiger partial charge >= 0.3 is 0 Å². The molecule has 1 aliphatic carbocycles. The number of ether oxygens (including phenoxy) is 3. The Hall–Kier alpha value is -0.120. The molecule has 2 fully saturated rings. The first-order valence-corrected chi connectivity index (χ1v) is 5.34. The van der Waals surface area contributed by atoms with E-state index < -0.39 is 0 Å². The summed E-state index contributed by atoms with van der Waals surface area (Å²) in [6, 6.07) is 0. The predicted octanol–water partition coefficient (Wildman–Crippen LogP) is 1.46. The summed E-state index contributed by atoms with van der Waals surface area (Å²) in [5.74, 6) is 1.22. The van der Waals surface area contributed by atoms with E-state index in [1.165, 1.54) is 0 Å². The second-order valence-corrected chi connectivity index (χ2v) is 4.74. The van der Waals surface area contributed by atoms with Crippen LogP contribution in [0.25, 0.3) is 0 Å². The van der Waals surface area contributed by atoms with E-state index in [0.717, 1.165) is 6.42 Å². The van der Waals surface area contributed by atoms with Crippen molar-refractivity contribution in [3.63, 3.8) is 0 Å². The number of hydrogen-bond acceptors (Lipinski definition) is 3. The molecule has 1 saturated heterocycles. The molecule has 2 rings (SSSR count). The van der Waals surface area contributed by atoms with Crippen LogP contribution < -0.4 is 0 Å². The van der Waals surface area contributed by atoms with Gasteiger partial charge in [-0.15, -0.1) is 0 Å². The Labute approximate surface area is 85.7 Å². The third-order valence-corrected chi connectivity index (χ3v) is 3.80. The van der Waals surface area contributed by atoms with E-state index in [2.05, 4.69) is 13.8 Å². The molecule has 0 aromatic heterocycles. The lowest BCUT2D eigenvalue weighted by atomic mass is 9.92. The molecule has 2 bridgehead atoms. The maximum absolute atomic E-state index is 6.01. The number of methoxy groups -OCH3 is 2. The zero-order valence-electron chi connectivity index (χ0n) is 9.45. The van der Waals surface area contributed by atoms with Gasteiger partial charge in [-0.25, -0.2) is 0 Å². The van der Waals surface area contributed by atoms with Crippen molar-refractivity contribution in [3.05, 3.63) is 0 Å². The summed E-state index contributed by atoms with van der Waals surface area (Å²) in [6.07, 6.45) is 1.58. The van der Waals surface area contributed by atoms with E-state index in [-0.39, 0.29) is 11.7 Å². The van der Waals surface area contributed by atoms with E-state index in [1.54, 1.807) is 14.2 Å². The van der Waals surface area contributed by atoms with E-state index in [0.29, 0.717) is 24.5 Å². The summed E-state index contributed by atoms with van der Waals surface area (Å²) in [7, 11) is 3.51. The van der Waals surface area contributed by atoms with Gasteiger partial charge in [-0.05, 0) is 19.3 Å². The first-order chi connectivity index (χ1) is 6.64. The summed E-state index contributed by atoms with van der Waals surface area (Å²) in [4.78, 5) is 0. The van der Waals surface area contributed by atoms with Crippen molar-refractivity contribution in [1.29, 1.82) is 0 Å². The minimum absolute atomic E-state index is 0.174. The van der Waals surface area contributed by atoms with Gasteiger partial charge in [0.05, 0.1) is 18.8 Å². The van der Waals surface area contributed by atoms with Crippen molar-refractivity contribution < 1.29 is 14.2 Å². The van der Waals surface area contributed by atoms with Crippen LogP contribution in [0.5, 0.6) is 0 Å². The lowest BCUT2D eigenvalue weighted by Gasteiger charge is -2.32. The van der Waals surface area contributed by atoms with Gasteiger partial charge in [-0.3, -0.25) is 0 Å². The van der Waals surface area contributed by atoms with Crippen molar-refractivity contribution in [3.8, 4) is 0 Å². The quantitative estimate of drug-likeness (QED) is 0.690. The molecular weight excluding hydrogens is 180 g/mol. The summed E-state index contributed by atoms with van der Waals surface area (Å²) in [5, 5.41) is 0. The van der Waals surface area contributed by atoms with Crippen LogP contribution in [-0.2, 0) is 14.2 Å². The highest BCUT2D eigenvalue weighted by Gasteiger charge is 2.62. The van der Waals surface area contributed by atoms with E-state index in [4.69, 9.17) is 14.2 Å². The molecule has 0 aromatic carbocycles. The van der Waals surface area contributed by atoms with Crippen molar-refractivity contribution in [2.75, 3.05) is 20.8 Å². The molecule has 0 radical (unpaired) electrons. The largest absolute Gasteiger partial charge is 0.382 e. The van der Waals surface area contributed by atoms with Gasteiger partial charge in [-0.1, -0.05) is 6.92 Å². The number of rotatable bonds is 3. The molecular formula is C11H20O3. The average molecular weight is 200 g/mol. The van der Waals surface area contributed by atoms with Crippen molar-refractivity contribution in [2.24, 2.45) is 11.8 Å². The van der Waals surface area contributed by atoms with E-state index in [9.17, 15) is 0 Å². The maximum Gasteiger partial charge on any atom is 0.118 e. The van der Waals surface area contributed by atoms with Crippen molar-refractivity contribution in [1.82, 2.24) is 0 Å². The Morgan fingerprint density at radius 2 is 2.07 bits per heavy atom. The molecule has 5 unspecified atom stereocenters. The van der Waals surface area contributed by atoms with Crippen LogP contribution in [0, 0.1) is 11.8 Å². The summed E-state index contributed by atoms with van der Waals surface area (Å²) in [5.41, 5.74) is -0.174. The summed E-state index contributed by atoms with van der Waals surface area (Å²) >= 11 is 0. The number of hydrogen-bond donors (Lipinski definition) is 0. The SMILES string of the molecule is COCC12CC(C)C(C(C)O1)C2OC. The third-order valence-electron chi connectivity index (χ3n) is 3.80. The Morgan fingerprint density at radius 1 is 1.36 bits per heavy atom. The second kappa shape index (κ2) is 3.47. The minimum atomic E-state index is -0.174. The Morgan fingerprint density at radius 3 is 2.57 bits per heavy atom. The van der Waals surface area contributed by atoms with Gasteiger partial charge in [0.25, 0.3) is 0 Å². The fourth-order valence-electron chi connectivity index (χ4n) is 3.51. The van der Waals surface area contributed by atoms with Crippen LogP contribution in [0.4, 0.5) is 0 Å². The molecule has 82 valence electrons. The molecule has 0 spiro atoms. The highest BCUT2D eigenvalue weighted by atomic mass is 16.6. The van der Waals surface area contributed by atoms with Gasteiger partial charge < -0.3 is 14.2 Å². The standard InChI is InChI=1S/C11H20O3/c1-7-5-11(6-12-3)10(13-4)9(7)8(2)14-11/h7-10H,5-6H2,1-4H3. The van der Waals surface area contributed by atoms with Crippen LogP contribution in [0.1, 0.15) is 20.3 Å². The van der Waals surface area contributed by atoms with Crippen LogP contribution in [0.3, 0.4) is 0 Å². The highest BCUT2D eigenvalue weighted by Crippen LogP contribution is 2.52. The molecule has 5 atom stereocenters. The van der Waals surface area contributed by atoms with Crippen LogP contribution in [0.2, 0.25) is 0 Å². The first-order valence-electron chi connectivity index (χ1n) is 5.34. The molecule has 2 aliphatic rings. The smallest absolute Gasteiger partial charge is 0.118 e. The lowest BCUT2D eigenvalue weighted by Crippen LogP contribution is -2.42. The molecule has 1 heterocycles. The molecule has 1 aliphatic heterocycles. The average Bonchev–Trinajstić information content (AvgIpc) is 2.51. The van der Waals surface area contributed by atoms with Gasteiger partial charge in [-0.2, -0.15) is 0 Å². The molecule has 0 amide bonds.